The van der Waals surface area contributed by atoms with Gasteiger partial charge in [0.2, 0.25) is 5.91 Å². The molecule has 1 amide bonds. The molecule has 0 saturated carbocycles. The van der Waals surface area contributed by atoms with Gasteiger partial charge >= 0.3 is 0 Å². The average Bonchev–Trinajstić information content (AvgIpc) is 2.92. The van der Waals surface area contributed by atoms with Crippen molar-refractivity contribution in [1.82, 2.24) is 5.32 Å². The topological polar surface area (TPSA) is 29.1 Å². The van der Waals surface area contributed by atoms with E-state index in [4.69, 9.17) is 0 Å². The van der Waals surface area contributed by atoms with Crippen LogP contribution in [0.15, 0.2) is 47.9 Å². The first-order valence-electron chi connectivity index (χ1n) is 7.25. The monoisotopic (exact) mass is 299 g/mol. The molecule has 2 aromatic rings. The van der Waals surface area contributed by atoms with Gasteiger partial charge in [-0.05, 0) is 42.0 Å². The molecule has 0 radical (unpaired) electrons. The van der Waals surface area contributed by atoms with E-state index in [1.54, 1.807) is 17.4 Å². The Labute approximate surface area is 130 Å². The highest BCUT2D eigenvalue weighted by Crippen LogP contribution is 2.18. The van der Waals surface area contributed by atoms with Crippen molar-refractivity contribution in [3.05, 3.63) is 63.9 Å². The lowest BCUT2D eigenvalue weighted by atomic mass is 9.96. The predicted molar refractivity (Wildman–Crippen MR) is 90.6 cm³/mol. The van der Waals surface area contributed by atoms with Gasteiger partial charge in [-0.25, -0.2) is 0 Å². The maximum Gasteiger partial charge on any atom is 0.244 e. The largest absolute Gasteiger partial charge is 0.352 e. The van der Waals surface area contributed by atoms with E-state index >= 15 is 0 Å². The van der Waals surface area contributed by atoms with Crippen LogP contribution in [0.1, 0.15) is 35.3 Å². The van der Waals surface area contributed by atoms with Crippen LogP contribution in [-0.4, -0.2) is 12.5 Å². The molecule has 0 spiro atoms. The number of hydrogen-bond donors (Lipinski definition) is 1. The van der Waals surface area contributed by atoms with Crippen molar-refractivity contribution in [2.24, 2.45) is 0 Å². The number of carbonyl (C=O) groups excluding carboxylic acids is 1. The minimum atomic E-state index is -0.0304. The van der Waals surface area contributed by atoms with Crippen LogP contribution < -0.4 is 5.32 Å². The van der Waals surface area contributed by atoms with Gasteiger partial charge in [-0.1, -0.05) is 37.3 Å². The molecule has 1 N–H and O–H groups in total. The van der Waals surface area contributed by atoms with Crippen LogP contribution in [0.5, 0.6) is 0 Å². The number of thiophene rings is 1. The number of benzene rings is 1. The van der Waals surface area contributed by atoms with E-state index in [0.717, 1.165) is 11.3 Å². The van der Waals surface area contributed by atoms with Gasteiger partial charge in [0.15, 0.2) is 0 Å². The van der Waals surface area contributed by atoms with Gasteiger partial charge in [0.25, 0.3) is 0 Å². The average molecular weight is 299 g/mol. The summed E-state index contributed by atoms with van der Waals surface area (Å²) in [6, 6.07) is 12.4. The molecule has 2 rings (SSSR count). The summed E-state index contributed by atoms with van der Waals surface area (Å²) in [4.78, 5) is 13.0. The van der Waals surface area contributed by atoms with E-state index in [9.17, 15) is 4.79 Å². The molecule has 2 nitrogen and oxygen atoms in total. The summed E-state index contributed by atoms with van der Waals surface area (Å²) < 4.78 is 0. The molecule has 1 atom stereocenters. The lowest BCUT2D eigenvalue weighted by Crippen LogP contribution is -2.26. The fourth-order valence-corrected chi connectivity index (χ4v) is 3.03. The van der Waals surface area contributed by atoms with Gasteiger partial charge in [-0.15, -0.1) is 11.3 Å². The predicted octanol–water partition coefficient (Wildman–Crippen LogP) is 4.38. The molecular weight excluding hydrogens is 278 g/mol. The zero-order valence-corrected chi connectivity index (χ0v) is 13.3. The van der Waals surface area contributed by atoms with Crippen LogP contribution in [0.3, 0.4) is 0 Å². The smallest absolute Gasteiger partial charge is 0.244 e. The van der Waals surface area contributed by atoms with Crippen molar-refractivity contribution >= 4 is 23.3 Å². The molecular formula is C18H21NOS. The van der Waals surface area contributed by atoms with Crippen molar-refractivity contribution < 1.29 is 4.79 Å². The summed E-state index contributed by atoms with van der Waals surface area (Å²) in [5.41, 5.74) is 2.48. The summed E-state index contributed by atoms with van der Waals surface area (Å²) in [6.07, 6.45) is 4.52. The van der Waals surface area contributed by atoms with Crippen LogP contribution in [-0.2, 0) is 4.79 Å². The molecule has 3 heteroatoms. The highest BCUT2D eigenvalue weighted by molar-refractivity contribution is 7.11. The Bertz CT molecular complexity index is 601. The Balaban J connectivity index is 1.88. The number of hydrogen-bond acceptors (Lipinski definition) is 2. The first-order chi connectivity index (χ1) is 10.2. The van der Waals surface area contributed by atoms with Gasteiger partial charge < -0.3 is 5.32 Å². The highest BCUT2D eigenvalue weighted by atomic mass is 32.1. The fourth-order valence-electron chi connectivity index (χ4n) is 2.21. The number of carbonyl (C=O) groups is 1. The zero-order chi connectivity index (χ0) is 15.1. The summed E-state index contributed by atoms with van der Waals surface area (Å²) in [7, 11) is 0. The summed E-state index contributed by atoms with van der Waals surface area (Å²) in [6.45, 7) is 4.87. The van der Waals surface area contributed by atoms with Crippen LogP contribution in [0, 0.1) is 6.92 Å². The number of aryl methyl sites for hydroxylation is 1. The molecule has 1 aromatic heterocycles. The molecule has 0 aliphatic heterocycles. The second-order valence-corrected chi connectivity index (χ2v) is 6.01. The van der Waals surface area contributed by atoms with Crippen molar-refractivity contribution in [3.8, 4) is 0 Å². The zero-order valence-electron chi connectivity index (χ0n) is 12.5. The van der Waals surface area contributed by atoms with Crippen molar-refractivity contribution in [3.63, 3.8) is 0 Å². The van der Waals surface area contributed by atoms with Crippen LogP contribution in [0.25, 0.3) is 6.08 Å². The number of rotatable bonds is 6. The highest BCUT2D eigenvalue weighted by Gasteiger charge is 2.09. The summed E-state index contributed by atoms with van der Waals surface area (Å²) >= 11 is 1.65. The summed E-state index contributed by atoms with van der Waals surface area (Å²) in [5, 5.41) is 5.03. The SMILES string of the molecule is CCC(CNC(=O)/C=C/c1sccc1C)c1ccccc1. The van der Waals surface area contributed by atoms with Crippen molar-refractivity contribution in [1.29, 1.82) is 0 Å². The minimum absolute atomic E-state index is 0.0304. The van der Waals surface area contributed by atoms with Gasteiger partial charge in [0.05, 0.1) is 0 Å². The normalized spacial score (nSPS) is 12.5. The first-order valence-corrected chi connectivity index (χ1v) is 8.13. The molecule has 1 heterocycles. The summed E-state index contributed by atoms with van der Waals surface area (Å²) in [5.74, 6) is 0.337. The molecule has 1 unspecified atom stereocenters. The molecule has 0 saturated heterocycles. The van der Waals surface area contributed by atoms with Crippen LogP contribution >= 0.6 is 11.3 Å². The third-order valence-corrected chi connectivity index (χ3v) is 4.56. The maximum atomic E-state index is 11.9. The van der Waals surface area contributed by atoms with E-state index < -0.39 is 0 Å². The van der Waals surface area contributed by atoms with Gasteiger partial charge in [0, 0.05) is 23.4 Å². The molecule has 0 fully saturated rings. The van der Waals surface area contributed by atoms with Crippen LogP contribution in [0.4, 0.5) is 0 Å². The van der Waals surface area contributed by atoms with E-state index in [1.165, 1.54) is 11.1 Å². The third kappa shape index (κ3) is 4.57. The van der Waals surface area contributed by atoms with E-state index in [1.807, 2.05) is 29.7 Å². The van der Waals surface area contributed by atoms with Crippen molar-refractivity contribution in [2.45, 2.75) is 26.2 Å². The molecule has 0 aliphatic rings. The third-order valence-electron chi connectivity index (χ3n) is 3.57. The van der Waals surface area contributed by atoms with E-state index in [0.29, 0.717) is 12.5 Å². The molecule has 0 bridgehead atoms. The number of nitrogens with one attached hydrogen (secondary N) is 1. The lowest BCUT2D eigenvalue weighted by Gasteiger charge is -2.15. The van der Waals surface area contributed by atoms with Crippen molar-refractivity contribution in [2.75, 3.05) is 6.54 Å². The maximum absolute atomic E-state index is 11.9. The fraction of sp³-hybridized carbons (Fsp3) is 0.278. The Hall–Kier alpha value is -1.87. The van der Waals surface area contributed by atoms with Crippen LogP contribution in [0.2, 0.25) is 0 Å². The Morgan fingerprint density at radius 1 is 1.29 bits per heavy atom. The van der Waals surface area contributed by atoms with E-state index in [2.05, 4.69) is 37.4 Å². The standard InChI is InChI=1S/C18H21NOS/c1-3-15(16-7-5-4-6-8-16)13-19-18(20)10-9-17-14(2)11-12-21-17/h4-12,15H,3,13H2,1-2H3,(H,19,20)/b10-9+. The minimum Gasteiger partial charge on any atom is -0.352 e. The first kappa shape index (κ1) is 15.5. The van der Waals surface area contributed by atoms with Gasteiger partial charge in [-0.2, -0.15) is 0 Å². The molecule has 21 heavy (non-hydrogen) atoms. The second kappa shape index (κ2) is 7.79. The van der Waals surface area contributed by atoms with E-state index in [-0.39, 0.29) is 5.91 Å². The second-order valence-electron chi connectivity index (χ2n) is 5.06. The van der Waals surface area contributed by atoms with Gasteiger partial charge in [-0.3, -0.25) is 4.79 Å². The molecule has 110 valence electrons. The molecule has 1 aromatic carbocycles. The quantitative estimate of drug-likeness (QED) is 0.788. The Morgan fingerprint density at radius 3 is 2.67 bits per heavy atom. The Kier molecular flexibility index (Phi) is 5.76. The number of amides is 1. The molecule has 0 aliphatic carbocycles. The van der Waals surface area contributed by atoms with Gasteiger partial charge in [0.1, 0.15) is 0 Å². The Morgan fingerprint density at radius 2 is 2.05 bits per heavy atom. The lowest BCUT2D eigenvalue weighted by molar-refractivity contribution is -0.116.